The summed E-state index contributed by atoms with van der Waals surface area (Å²) in [5.74, 6) is -0.886. The number of hydrogen-bond acceptors (Lipinski definition) is 4. The molecule has 1 aromatic heterocycles. The number of hydrogen-bond donors (Lipinski definition) is 2. The number of benzene rings is 2. The number of aryl methyl sites for hydroxylation is 1. The van der Waals surface area contributed by atoms with E-state index in [2.05, 4.69) is 20.6 Å². The number of aromatic nitrogens is 2. The van der Waals surface area contributed by atoms with Gasteiger partial charge in [0.2, 0.25) is 0 Å². The largest absolute Gasteiger partial charge is 0.340 e. The third-order valence-corrected chi connectivity index (χ3v) is 3.15. The molecule has 2 N–H and O–H groups in total. The summed E-state index contributed by atoms with van der Waals surface area (Å²) in [7, 11) is 0. The van der Waals surface area contributed by atoms with Crippen LogP contribution in [0.1, 0.15) is 5.82 Å². The summed E-state index contributed by atoms with van der Waals surface area (Å²) in [4.78, 5) is 8.27. The third kappa shape index (κ3) is 3.62. The molecule has 4 nitrogen and oxygen atoms in total. The highest BCUT2D eigenvalue weighted by Crippen LogP contribution is 2.24. The van der Waals surface area contributed by atoms with Crippen LogP contribution in [0.5, 0.6) is 0 Å². The van der Waals surface area contributed by atoms with Crippen molar-refractivity contribution in [3.63, 3.8) is 0 Å². The van der Waals surface area contributed by atoms with Gasteiger partial charge in [-0.1, -0.05) is 12.1 Å². The lowest BCUT2D eigenvalue weighted by Gasteiger charge is -2.11. The van der Waals surface area contributed by atoms with Gasteiger partial charge in [0.05, 0.1) is 0 Å². The number of nitrogens with one attached hydrogen (secondary N) is 2. The summed E-state index contributed by atoms with van der Waals surface area (Å²) >= 11 is 0. The van der Waals surface area contributed by atoms with Gasteiger partial charge in [-0.2, -0.15) is 0 Å². The van der Waals surface area contributed by atoms with Crippen molar-refractivity contribution in [2.45, 2.75) is 6.92 Å². The molecule has 24 heavy (non-hydrogen) atoms. The molecule has 1 heterocycles. The minimum atomic E-state index is -0.731. The minimum Gasteiger partial charge on any atom is -0.340 e. The Labute approximate surface area is 136 Å². The quantitative estimate of drug-likeness (QED) is 0.729. The average molecular weight is 330 g/mol. The lowest BCUT2D eigenvalue weighted by Crippen LogP contribution is -2.03. The van der Waals surface area contributed by atoms with Crippen LogP contribution in [0.2, 0.25) is 0 Å². The zero-order valence-electron chi connectivity index (χ0n) is 12.6. The highest BCUT2D eigenvalue weighted by Gasteiger charge is 2.10. The van der Waals surface area contributed by atoms with Crippen LogP contribution < -0.4 is 10.6 Å². The van der Waals surface area contributed by atoms with E-state index in [9.17, 15) is 13.2 Å². The average Bonchev–Trinajstić information content (AvgIpc) is 2.50. The van der Waals surface area contributed by atoms with Crippen LogP contribution in [0, 0.1) is 24.4 Å². The van der Waals surface area contributed by atoms with E-state index in [0.717, 1.165) is 12.1 Å². The fraction of sp³-hybridized carbons (Fsp3) is 0.0588. The predicted molar refractivity (Wildman–Crippen MR) is 86.1 cm³/mol. The molecule has 0 aliphatic carbocycles. The molecule has 0 radical (unpaired) electrons. The molecule has 7 heteroatoms. The summed E-state index contributed by atoms with van der Waals surface area (Å²) in [6.45, 7) is 1.64. The van der Waals surface area contributed by atoms with Crippen LogP contribution in [0.3, 0.4) is 0 Å². The van der Waals surface area contributed by atoms with E-state index < -0.39 is 17.5 Å². The van der Waals surface area contributed by atoms with Gasteiger partial charge < -0.3 is 10.6 Å². The molecule has 0 aliphatic rings. The van der Waals surface area contributed by atoms with Crippen molar-refractivity contribution in [3.05, 3.63) is 71.8 Å². The van der Waals surface area contributed by atoms with Crippen molar-refractivity contribution in [2.24, 2.45) is 0 Å². The maximum absolute atomic E-state index is 13.7. The van der Waals surface area contributed by atoms with Gasteiger partial charge in [-0.25, -0.2) is 23.1 Å². The summed E-state index contributed by atoms with van der Waals surface area (Å²) in [5, 5.41) is 5.53. The molecule has 0 spiro atoms. The van der Waals surface area contributed by atoms with Crippen molar-refractivity contribution in [3.8, 4) is 0 Å². The van der Waals surface area contributed by atoms with Gasteiger partial charge in [0.1, 0.15) is 40.6 Å². The SMILES string of the molecule is Cc1nc(Nc2cccc(F)c2)cc(Nc2c(F)cccc2F)n1. The summed E-state index contributed by atoms with van der Waals surface area (Å²) in [6.07, 6.45) is 0. The highest BCUT2D eigenvalue weighted by molar-refractivity contribution is 5.63. The van der Waals surface area contributed by atoms with Crippen LogP contribution in [-0.4, -0.2) is 9.97 Å². The number of halogens is 3. The summed E-state index contributed by atoms with van der Waals surface area (Å²) in [5.41, 5.74) is 0.198. The van der Waals surface area contributed by atoms with E-state index in [4.69, 9.17) is 0 Å². The van der Waals surface area contributed by atoms with E-state index in [1.54, 1.807) is 19.1 Å². The Hall–Kier alpha value is -3.09. The molecule has 0 atom stereocenters. The summed E-state index contributed by atoms with van der Waals surface area (Å²) in [6, 6.07) is 10.9. The molecule has 0 unspecified atom stereocenters. The number of para-hydroxylation sites is 1. The second-order valence-corrected chi connectivity index (χ2v) is 5.04. The molecular formula is C17H13F3N4. The first-order chi connectivity index (χ1) is 11.5. The van der Waals surface area contributed by atoms with Crippen LogP contribution in [0.15, 0.2) is 48.5 Å². The van der Waals surface area contributed by atoms with Crippen molar-refractivity contribution in [1.82, 2.24) is 9.97 Å². The van der Waals surface area contributed by atoms with Gasteiger partial charge in [-0.15, -0.1) is 0 Å². The molecule has 0 fully saturated rings. The van der Waals surface area contributed by atoms with E-state index in [-0.39, 0.29) is 11.5 Å². The van der Waals surface area contributed by atoms with Gasteiger partial charge in [0, 0.05) is 11.8 Å². The van der Waals surface area contributed by atoms with Gasteiger partial charge in [-0.05, 0) is 37.3 Å². The second-order valence-electron chi connectivity index (χ2n) is 5.04. The second kappa shape index (κ2) is 6.57. The lowest BCUT2D eigenvalue weighted by atomic mass is 10.3. The van der Waals surface area contributed by atoms with Crippen LogP contribution in [0.4, 0.5) is 36.2 Å². The molecule has 0 saturated carbocycles. The smallest absolute Gasteiger partial charge is 0.149 e. The molecule has 0 bridgehead atoms. The Morgan fingerprint density at radius 1 is 0.792 bits per heavy atom. The first-order valence-electron chi connectivity index (χ1n) is 7.10. The molecule has 122 valence electrons. The predicted octanol–water partition coefficient (Wildman–Crippen LogP) is 4.69. The standard InChI is InChI=1S/C17H13F3N4/c1-10-21-15(23-12-5-2-4-11(18)8-12)9-16(22-10)24-17-13(19)6-3-7-14(17)20/h2-9H,1H3,(H2,21,22,23,24). The van der Waals surface area contributed by atoms with Gasteiger partial charge >= 0.3 is 0 Å². The van der Waals surface area contributed by atoms with Crippen molar-refractivity contribution in [2.75, 3.05) is 10.6 Å². The molecule has 0 amide bonds. The maximum atomic E-state index is 13.7. The van der Waals surface area contributed by atoms with E-state index >= 15 is 0 Å². The van der Waals surface area contributed by atoms with Gasteiger partial charge in [-0.3, -0.25) is 0 Å². The Morgan fingerprint density at radius 3 is 2.08 bits per heavy atom. The first kappa shape index (κ1) is 15.8. The zero-order chi connectivity index (χ0) is 17.1. The molecule has 2 aromatic carbocycles. The minimum absolute atomic E-state index is 0.213. The van der Waals surface area contributed by atoms with E-state index in [1.165, 1.54) is 24.3 Å². The molecule has 3 aromatic rings. The maximum Gasteiger partial charge on any atom is 0.149 e. The highest BCUT2D eigenvalue weighted by atomic mass is 19.1. The molecule has 0 aliphatic heterocycles. The molecular weight excluding hydrogens is 317 g/mol. The number of anilines is 4. The van der Waals surface area contributed by atoms with Crippen LogP contribution in [-0.2, 0) is 0 Å². The Balaban J connectivity index is 1.89. The fourth-order valence-corrected chi connectivity index (χ4v) is 2.16. The summed E-state index contributed by atoms with van der Waals surface area (Å²) < 4.78 is 40.7. The zero-order valence-corrected chi connectivity index (χ0v) is 12.6. The lowest BCUT2D eigenvalue weighted by molar-refractivity contribution is 0.590. The fourth-order valence-electron chi connectivity index (χ4n) is 2.16. The Bertz CT molecular complexity index is 863. The van der Waals surface area contributed by atoms with Crippen molar-refractivity contribution in [1.29, 1.82) is 0 Å². The van der Waals surface area contributed by atoms with E-state index in [1.807, 2.05) is 0 Å². The Morgan fingerprint density at radius 2 is 1.42 bits per heavy atom. The molecule has 0 saturated heterocycles. The van der Waals surface area contributed by atoms with Crippen molar-refractivity contribution < 1.29 is 13.2 Å². The topological polar surface area (TPSA) is 49.8 Å². The first-order valence-corrected chi connectivity index (χ1v) is 7.10. The number of rotatable bonds is 4. The number of nitrogens with zero attached hydrogens (tertiary/aromatic N) is 2. The molecule has 3 rings (SSSR count). The normalized spacial score (nSPS) is 10.5. The van der Waals surface area contributed by atoms with E-state index in [0.29, 0.717) is 17.3 Å². The van der Waals surface area contributed by atoms with Crippen LogP contribution >= 0.6 is 0 Å². The monoisotopic (exact) mass is 330 g/mol. The van der Waals surface area contributed by atoms with Gasteiger partial charge in [0.25, 0.3) is 0 Å². The third-order valence-electron chi connectivity index (χ3n) is 3.15. The van der Waals surface area contributed by atoms with Gasteiger partial charge in [0.15, 0.2) is 0 Å². The van der Waals surface area contributed by atoms with Crippen LogP contribution in [0.25, 0.3) is 0 Å². The Kier molecular flexibility index (Phi) is 4.33. The van der Waals surface area contributed by atoms with Crippen molar-refractivity contribution >= 4 is 23.0 Å².